The minimum atomic E-state index is -0.366. The Balaban J connectivity index is 1.36. The number of aromatic nitrogens is 2. The maximum absolute atomic E-state index is 12.9. The van der Waals surface area contributed by atoms with Crippen molar-refractivity contribution in [2.24, 2.45) is 5.73 Å². The molecule has 4 rings (SSSR count). The van der Waals surface area contributed by atoms with Gasteiger partial charge in [-0.3, -0.25) is 9.59 Å². The Morgan fingerprint density at radius 2 is 2.00 bits per heavy atom. The molecule has 2 aliphatic heterocycles. The van der Waals surface area contributed by atoms with Crippen LogP contribution in [0.4, 0.5) is 0 Å². The Hall–Kier alpha value is -2.28. The van der Waals surface area contributed by atoms with Crippen LogP contribution >= 0.6 is 11.8 Å². The molecule has 6 nitrogen and oxygen atoms in total. The van der Waals surface area contributed by atoms with E-state index in [1.54, 1.807) is 24.2 Å². The van der Waals surface area contributed by atoms with Gasteiger partial charge in [-0.05, 0) is 30.9 Å². The molecule has 1 fully saturated rings. The van der Waals surface area contributed by atoms with E-state index >= 15 is 0 Å². The predicted octanol–water partition coefficient (Wildman–Crippen LogP) is 1.79. The number of hydrogen-bond donors (Lipinski definition) is 1. The van der Waals surface area contributed by atoms with Gasteiger partial charge in [0.25, 0.3) is 0 Å². The van der Waals surface area contributed by atoms with Crippen molar-refractivity contribution in [2.75, 3.05) is 13.1 Å². The number of hydrogen-bond acceptors (Lipinski definition) is 4. The number of amides is 2. The number of piperidine rings is 1. The Labute approximate surface area is 156 Å². The molecular formula is C19H22N4O2S. The lowest BCUT2D eigenvalue weighted by Crippen LogP contribution is -2.42. The second-order valence-electron chi connectivity index (χ2n) is 6.90. The third-order valence-electron chi connectivity index (χ3n) is 5.17. The zero-order valence-corrected chi connectivity index (χ0v) is 15.3. The Bertz CT molecular complexity index is 801. The van der Waals surface area contributed by atoms with Crippen LogP contribution in [0.15, 0.2) is 41.6 Å². The van der Waals surface area contributed by atoms with Crippen LogP contribution < -0.4 is 5.73 Å². The molecule has 0 spiro atoms. The number of fused-ring (bicyclic) bond motifs is 1. The van der Waals surface area contributed by atoms with E-state index < -0.39 is 0 Å². The molecule has 2 aromatic rings. The van der Waals surface area contributed by atoms with Gasteiger partial charge < -0.3 is 15.2 Å². The molecular weight excluding hydrogens is 348 g/mol. The smallest absolute Gasteiger partial charge is 0.237 e. The summed E-state index contributed by atoms with van der Waals surface area (Å²) in [5, 5.41) is 0.000739. The summed E-state index contributed by atoms with van der Waals surface area (Å²) >= 11 is 1.69. The Morgan fingerprint density at radius 1 is 1.23 bits per heavy atom. The quantitative estimate of drug-likeness (QED) is 0.890. The summed E-state index contributed by atoms with van der Waals surface area (Å²) in [5.74, 6) is 1.04. The largest absolute Gasteiger partial charge is 0.368 e. The van der Waals surface area contributed by atoms with Gasteiger partial charge in [0.05, 0.1) is 5.25 Å². The summed E-state index contributed by atoms with van der Waals surface area (Å²) in [7, 11) is 0. The fourth-order valence-electron chi connectivity index (χ4n) is 3.86. The van der Waals surface area contributed by atoms with Gasteiger partial charge in [-0.1, -0.05) is 18.2 Å². The number of carbonyl (C=O) groups excluding carboxylic acids is 2. The van der Waals surface area contributed by atoms with Crippen LogP contribution in [0.2, 0.25) is 0 Å². The van der Waals surface area contributed by atoms with Gasteiger partial charge >= 0.3 is 0 Å². The summed E-state index contributed by atoms with van der Waals surface area (Å²) in [6.07, 6.45) is 6.06. The lowest BCUT2D eigenvalue weighted by atomic mass is 9.95. The number of nitrogens with two attached hydrogens (primary N) is 1. The first-order valence-corrected chi connectivity index (χ1v) is 9.82. The van der Waals surface area contributed by atoms with Crippen LogP contribution in [0, 0.1) is 0 Å². The molecule has 0 bridgehead atoms. The maximum Gasteiger partial charge on any atom is 0.237 e. The van der Waals surface area contributed by atoms with Gasteiger partial charge in [-0.2, -0.15) is 0 Å². The highest BCUT2D eigenvalue weighted by molar-refractivity contribution is 8.01. The number of rotatable bonds is 4. The number of imidazole rings is 1. The van der Waals surface area contributed by atoms with E-state index in [1.807, 2.05) is 21.6 Å². The second-order valence-corrected chi connectivity index (χ2v) is 8.14. The van der Waals surface area contributed by atoms with Crippen LogP contribution in [-0.2, 0) is 22.6 Å². The maximum atomic E-state index is 12.9. The average molecular weight is 370 g/mol. The van der Waals surface area contributed by atoms with Crippen LogP contribution in [0.5, 0.6) is 0 Å². The monoisotopic (exact) mass is 370 g/mol. The highest BCUT2D eigenvalue weighted by atomic mass is 32.2. The van der Waals surface area contributed by atoms with Crippen molar-refractivity contribution in [3.05, 3.63) is 48.0 Å². The van der Waals surface area contributed by atoms with Crippen molar-refractivity contribution in [3.8, 4) is 0 Å². The number of primary amides is 1. The number of thioether (sulfide) groups is 1. The normalized spacial score (nSPS) is 20.2. The Morgan fingerprint density at radius 3 is 2.73 bits per heavy atom. The topological polar surface area (TPSA) is 81.2 Å². The molecule has 2 amide bonds. The highest BCUT2D eigenvalue weighted by Crippen LogP contribution is 2.38. The first kappa shape index (κ1) is 17.1. The summed E-state index contributed by atoms with van der Waals surface area (Å²) in [6, 6.07) is 8.27. The van der Waals surface area contributed by atoms with Crippen LogP contribution in [0.1, 0.15) is 30.1 Å². The molecule has 0 saturated carbocycles. The zero-order valence-electron chi connectivity index (χ0n) is 14.5. The minimum Gasteiger partial charge on any atom is -0.368 e. The summed E-state index contributed by atoms with van der Waals surface area (Å²) in [6.45, 7) is 1.63. The van der Waals surface area contributed by atoms with Crippen LogP contribution in [-0.4, -0.2) is 44.6 Å². The van der Waals surface area contributed by atoms with E-state index in [0.29, 0.717) is 0 Å². The fraction of sp³-hybridized carbons (Fsp3) is 0.421. The van der Waals surface area contributed by atoms with Crippen molar-refractivity contribution >= 4 is 23.6 Å². The summed E-state index contributed by atoms with van der Waals surface area (Å²) < 4.78 is 1.83. The van der Waals surface area contributed by atoms with Gasteiger partial charge in [0, 0.05) is 36.3 Å². The van der Waals surface area contributed by atoms with Crippen molar-refractivity contribution in [1.82, 2.24) is 14.5 Å². The summed E-state index contributed by atoms with van der Waals surface area (Å²) in [5.41, 5.74) is 6.58. The van der Waals surface area contributed by atoms with Gasteiger partial charge in [-0.25, -0.2) is 4.98 Å². The van der Waals surface area contributed by atoms with Crippen molar-refractivity contribution in [3.63, 3.8) is 0 Å². The molecule has 0 unspecified atom stereocenters. The number of nitrogens with zero attached hydrogens (tertiary/aromatic N) is 3. The molecule has 3 heterocycles. The van der Waals surface area contributed by atoms with Gasteiger partial charge in [0.2, 0.25) is 11.8 Å². The highest BCUT2D eigenvalue weighted by Gasteiger charge is 2.34. The van der Waals surface area contributed by atoms with Crippen molar-refractivity contribution in [1.29, 1.82) is 0 Å². The van der Waals surface area contributed by atoms with E-state index in [1.165, 1.54) is 10.5 Å². The fourth-order valence-corrected chi connectivity index (χ4v) is 5.14. The average Bonchev–Trinajstić information content (AvgIpc) is 3.27. The van der Waals surface area contributed by atoms with E-state index in [0.717, 1.165) is 38.2 Å². The third-order valence-corrected chi connectivity index (χ3v) is 6.47. The van der Waals surface area contributed by atoms with Crippen LogP contribution in [0.3, 0.4) is 0 Å². The van der Waals surface area contributed by atoms with Gasteiger partial charge in [0.1, 0.15) is 12.4 Å². The molecule has 1 atom stereocenters. The molecule has 1 aromatic carbocycles. The molecule has 26 heavy (non-hydrogen) atoms. The Kier molecular flexibility index (Phi) is 4.72. The van der Waals surface area contributed by atoms with Crippen molar-refractivity contribution < 1.29 is 9.59 Å². The standard InChI is InChI=1S/C19H22N4O2S/c20-17(24)12-23-10-7-21-18(23)13-5-8-22(9-6-13)19(25)16-11-14-3-1-2-4-15(14)26-16/h1-4,7,10,13,16H,5-6,8-9,11-12H2,(H2,20,24)/t16-/m1/s1. The first-order chi connectivity index (χ1) is 12.6. The lowest BCUT2D eigenvalue weighted by molar-refractivity contribution is -0.131. The molecule has 0 radical (unpaired) electrons. The molecule has 2 aliphatic rings. The van der Waals surface area contributed by atoms with E-state index in [4.69, 9.17) is 5.73 Å². The lowest BCUT2D eigenvalue weighted by Gasteiger charge is -2.33. The van der Waals surface area contributed by atoms with Crippen LogP contribution in [0.25, 0.3) is 0 Å². The van der Waals surface area contributed by atoms with E-state index in [2.05, 4.69) is 17.1 Å². The van der Waals surface area contributed by atoms with Gasteiger partial charge in [0.15, 0.2) is 0 Å². The molecule has 7 heteroatoms. The zero-order chi connectivity index (χ0) is 18.1. The first-order valence-electron chi connectivity index (χ1n) is 8.94. The molecule has 2 N–H and O–H groups in total. The molecule has 1 saturated heterocycles. The van der Waals surface area contributed by atoms with Crippen molar-refractivity contribution in [2.45, 2.75) is 41.9 Å². The summed E-state index contributed by atoms with van der Waals surface area (Å²) in [4.78, 5) is 31.7. The third kappa shape index (κ3) is 3.35. The number of carbonyl (C=O) groups is 2. The minimum absolute atomic E-state index is 0.000739. The molecule has 0 aliphatic carbocycles. The predicted molar refractivity (Wildman–Crippen MR) is 99.8 cm³/mol. The number of likely N-dealkylation sites (tertiary alicyclic amines) is 1. The van der Waals surface area contributed by atoms with Gasteiger partial charge in [-0.15, -0.1) is 11.8 Å². The molecule has 136 valence electrons. The second kappa shape index (κ2) is 7.15. The number of benzene rings is 1. The molecule has 1 aromatic heterocycles. The van der Waals surface area contributed by atoms with E-state index in [-0.39, 0.29) is 29.5 Å². The SMILES string of the molecule is NC(=O)Cn1ccnc1C1CCN(C(=O)[C@H]2Cc3ccccc3S2)CC1. The van der Waals surface area contributed by atoms with E-state index in [9.17, 15) is 9.59 Å².